The largest absolute Gasteiger partial charge is 0.493 e. The molecule has 122 valence electrons. The van der Waals surface area contributed by atoms with Crippen LogP contribution in [0.25, 0.3) is 0 Å². The monoisotopic (exact) mass is 308 g/mol. The number of rotatable bonds is 7. The summed E-state index contributed by atoms with van der Waals surface area (Å²) in [5.41, 5.74) is 0.923. The Kier molecular flexibility index (Phi) is 5.97. The Balaban J connectivity index is 2.73. The molecule has 0 aromatic heterocycles. The van der Waals surface area contributed by atoms with Gasteiger partial charge in [-0.3, -0.25) is 9.59 Å². The highest BCUT2D eigenvalue weighted by molar-refractivity contribution is 5.75. The van der Waals surface area contributed by atoms with E-state index in [0.717, 1.165) is 16.9 Å². The summed E-state index contributed by atoms with van der Waals surface area (Å²) < 4.78 is 10.9. The zero-order valence-corrected chi connectivity index (χ0v) is 13.8. The molecule has 5 nitrogen and oxygen atoms in total. The third-order valence-electron chi connectivity index (χ3n) is 3.65. The molecule has 5 heteroatoms. The van der Waals surface area contributed by atoms with Crippen LogP contribution in [0.4, 0.5) is 0 Å². The number of ether oxygens (including phenoxy) is 2. The van der Waals surface area contributed by atoms with Gasteiger partial charge in [-0.2, -0.15) is 0 Å². The summed E-state index contributed by atoms with van der Waals surface area (Å²) in [5.74, 6) is -0.744. The number of benzene rings is 1. The first kappa shape index (κ1) is 18.0. The van der Waals surface area contributed by atoms with E-state index in [1.54, 1.807) is 13.8 Å². The molecule has 0 heterocycles. The Morgan fingerprint density at radius 1 is 1.27 bits per heavy atom. The maximum absolute atomic E-state index is 11.3. The molecule has 0 fully saturated rings. The predicted octanol–water partition coefficient (Wildman–Crippen LogP) is 3.11. The minimum atomic E-state index is -1.17. The highest BCUT2D eigenvalue weighted by atomic mass is 16.5. The Morgan fingerprint density at radius 2 is 1.91 bits per heavy atom. The molecule has 0 amide bonds. The zero-order valence-electron chi connectivity index (χ0n) is 13.8. The van der Waals surface area contributed by atoms with E-state index in [9.17, 15) is 14.7 Å². The first-order valence-corrected chi connectivity index (χ1v) is 7.25. The van der Waals surface area contributed by atoms with Gasteiger partial charge in [0.1, 0.15) is 11.9 Å². The maximum atomic E-state index is 11.3. The van der Waals surface area contributed by atoms with E-state index in [4.69, 9.17) is 9.47 Å². The van der Waals surface area contributed by atoms with E-state index in [1.807, 2.05) is 32.0 Å². The van der Waals surface area contributed by atoms with Gasteiger partial charge >= 0.3 is 11.9 Å². The minimum absolute atomic E-state index is 0.277. The number of carboxylic acids is 1. The van der Waals surface area contributed by atoms with Gasteiger partial charge in [0.05, 0.1) is 12.0 Å². The molecule has 0 radical (unpaired) electrons. The highest BCUT2D eigenvalue weighted by Gasteiger charge is 2.39. The number of aryl methyl sites for hydroxylation is 2. The fourth-order valence-electron chi connectivity index (χ4n) is 2.04. The number of hydrogen-bond donors (Lipinski definition) is 1. The average molecular weight is 308 g/mol. The van der Waals surface area contributed by atoms with Crippen LogP contribution in [0.15, 0.2) is 18.2 Å². The van der Waals surface area contributed by atoms with Crippen LogP contribution in [0.2, 0.25) is 0 Å². The summed E-state index contributed by atoms with van der Waals surface area (Å²) in [6.45, 7) is 8.55. The Labute approximate surface area is 131 Å². The lowest BCUT2D eigenvalue weighted by atomic mass is 9.85. The normalized spacial score (nSPS) is 12.6. The number of hydrogen-bond acceptors (Lipinski definition) is 4. The van der Waals surface area contributed by atoms with Crippen LogP contribution in [0.1, 0.15) is 38.3 Å². The average Bonchev–Trinajstić information content (AvgIpc) is 2.40. The molecular weight excluding hydrogens is 284 g/mol. The maximum Gasteiger partial charge on any atom is 0.312 e. The van der Waals surface area contributed by atoms with Crippen molar-refractivity contribution in [1.82, 2.24) is 0 Å². The molecule has 1 N–H and O–H groups in total. The van der Waals surface area contributed by atoms with Gasteiger partial charge in [-0.15, -0.1) is 0 Å². The van der Waals surface area contributed by atoms with Crippen molar-refractivity contribution in [2.24, 2.45) is 5.41 Å². The molecule has 0 saturated heterocycles. The second-order valence-corrected chi connectivity index (χ2v) is 6.03. The van der Waals surface area contributed by atoms with Gasteiger partial charge in [0.2, 0.25) is 0 Å². The van der Waals surface area contributed by atoms with Gasteiger partial charge in [0, 0.05) is 13.3 Å². The number of carbonyl (C=O) groups excluding carboxylic acids is 1. The van der Waals surface area contributed by atoms with Crippen LogP contribution in [-0.4, -0.2) is 29.8 Å². The smallest absolute Gasteiger partial charge is 0.312 e. The van der Waals surface area contributed by atoms with Crippen LogP contribution in [-0.2, 0) is 14.3 Å². The number of carbonyl (C=O) groups is 2. The number of esters is 1. The lowest BCUT2D eigenvalue weighted by Crippen LogP contribution is -2.41. The van der Waals surface area contributed by atoms with Crippen molar-refractivity contribution >= 4 is 11.9 Å². The predicted molar refractivity (Wildman–Crippen MR) is 83.0 cm³/mol. The van der Waals surface area contributed by atoms with E-state index in [2.05, 4.69) is 0 Å². The lowest BCUT2D eigenvalue weighted by Gasteiger charge is -2.29. The van der Waals surface area contributed by atoms with E-state index in [-0.39, 0.29) is 6.61 Å². The quantitative estimate of drug-likeness (QED) is 0.783. The van der Waals surface area contributed by atoms with E-state index in [1.165, 1.54) is 6.92 Å². The number of carboxylic acid groups (broad SMARTS) is 1. The highest BCUT2D eigenvalue weighted by Crippen LogP contribution is 2.27. The second-order valence-electron chi connectivity index (χ2n) is 6.03. The Hall–Kier alpha value is -2.04. The third kappa shape index (κ3) is 4.76. The SMILES string of the molecule is CC(=O)OC(CCOc1cc(C)ccc1C)C(C)(C)C(=O)O. The van der Waals surface area contributed by atoms with Gasteiger partial charge in [-0.25, -0.2) is 0 Å². The summed E-state index contributed by atoms with van der Waals surface area (Å²) in [7, 11) is 0. The molecule has 0 aliphatic rings. The molecule has 1 rings (SSSR count). The minimum Gasteiger partial charge on any atom is -0.493 e. The molecule has 1 unspecified atom stereocenters. The molecule has 0 aliphatic heterocycles. The fraction of sp³-hybridized carbons (Fsp3) is 0.529. The van der Waals surface area contributed by atoms with Gasteiger partial charge in [-0.1, -0.05) is 12.1 Å². The molecular formula is C17H24O5. The van der Waals surface area contributed by atoms with E-state index in [0.29, 0.717) is 6.42 Å². The third-order valence-corrected chi connectivity index (χ3v) is 3.65. The lowest BCUT2D eigenvalue weighted by molar-refractivity contribution is -0.165. The van der Waals surface area contributed by atoms with Crippen molar-refractivity contribution in [3.63, 3.8) is 0 Å². The van der Waals surface area contributed by atoms with Crippen molar-refractivity contribution in [3.05, 3.63) is 29.3 Å². The van der Waals surface area contributed by atoms with Crippen molar-refractivity contribution in [3.8, 4) is 5.75 Å². The van der Waals surface area contributed by atoms with Crippen LogP contribution >= 0.6 is 0 Å². The molecule has 1 aromatic carbocycles. The number of aliphatic carboxylic acids is 1. The van der Waals surface area contributed by atoms with E-state index >= 15 is 0 Å². The van der Waals surface area contributed by atoms with Crippen molar-refractivity contribution in [2.45, 2.75) is 47.1 Å². The summed E-state index contributed by atoms with van der Waals surface area (Å²) in [6, 6.07) is 5.89. The molecule has 0 bridgehead atoms. The summed E-state index contributed by atoms with van der Waals surface area (Å²) in [6.07, 6.45) is -0.431. The van der Waals surface area contributed by atoms with Crippen LogP contribution in [0.5, 0.6) is 5.75 Å². The molecule has 0 spiro atoms. The van der Waals surface area contributed by atoms with Crippen LogP contribution < -0.4 is 4.74 Å². The molecule has 22 heavy (non-hydrogen) atoms. The van der Waals surface area contributed by atoms with Gasteiger partial charge in [-0.05, 0) is 44.9 Å². The van der Waals surface area contributed by atoms with Crippen molar-refractivity contribution in [2.75, 3.05) is 6.61 Å². The van der Waals surface area contributed by atoms with E-state index < -0.39 is 23.5 Å². The van der Waals surface area contributed by atoms with Crippen molar-refractivity contribution < 1.29 is 24.2 Å². The summed E-state index contributed by atoms with van der Waals surface area (Å²) in [5, 5.41) is 9.29. The van der Waals surface area contributed by atoms with Crippen LogP contribution in [0, 0.1) is 19.3 Å². The van der Waals surface area contributed by atoms with Gasteiger partial charge in [0.15, 0.2) is 0 Å². The molecule has 0 aliphatic carbocycles. The van der Waals surface area contributed by atoms with Gasteiger partial charge in [0.25, 0.3) is 0 Å². The Bertz CT molecular complexity index is 548. The summed E-state index contributed by atoms with van der Waals surface area (Å²) >= 11 is 0. The molecule has 0 saturated carbocycles. The second kappa shape index (κ2) is 7.29. The first-order chi connectivity index (χ1) is 10.1. The molecule has 1 atom stereocenters. The first-order valence-electron chi connectivity index (χ1n) is 7.25. The fourth-order valence-corrected chi connectivity index (χ4v) is 2.04. The van der Waals surface area contributed by atoms with Crippen molar-refractivity contribution in [1.29, 1.82) is 0 Å². The van der Waals surface area contributed by atoms with Crippen LogP contribution in [0.3, 0.4) is 0 Å². The molecule has 1 aromatic rings. The van der Waals surface area contributed by atoms with Gasteiger partial charge < -0.3 is 14.6 Å². The summed E-state index contributed by atoms with van der Waals surface area (Å²) in [4.78, 5) is 22.5. The Morgan fingerprint density at radius 3 is 2.45 bits per heavy atom. The standard InChI is InChI=1S/C17H24O5/c1-11-6-7-12(2)14(10-11)21-9-8-15(22-13(3)18)17(4,5)16(19)20/h6-7,10,15H,8-9H2,1-5H3,(H,19,20). The topological polar surface area (TPSA) is 72.8 Å². The zero-order chi connectivity index (χ0) is 16.9.